The quantitative estimate of drug-likeness (QED) is 0.236. The third kappa shape index (κ3) is 6.07. The molecule has 9 nitrogen and oxygen atoms in total. The number of fused-ring (bicyclic) bond motifs is 1. The normalized spacial score (nSPS) is 11.9. The molecule has 0 aliphatic rings. The molecule has 40 heavy (non-hydrogen) atoms. The van der Waals surface area contributed by atoms with Crippen LogP contribution >= 0.6 is 0 Å². The van der Waals surface area contributed by atoms with Gasteiger partial charge < -0.3 is 14.8 Å². The van der Waals surface area contributed by atoms with E-state index in [4.69, 9.17) is 9.47 Å². The summed E-state index contributed by atoms with van der Waals surface area (Å²) in [6, 6.07) is 13.2. The number of rotatable bonds is 11. The topological polar surface area (TPSA) is 104 Å². The molecule has 2 aromatic carbocycles. The van der Waals surface area contributed by atoms with E-state index in [1.165, 1.54) is 23.0 Å². The fraction of sp³-hybridized carbons (Fsp3) is 0.214. The van der Waals surface area contributed by atoms with Crippen molar-refractivity contribution < 1.29 is 22.5 Å². The molecule has 0 saturated heterocycles. The molecular weight excluding hydrogens is 538 g/mol. The zero-order valence-corrected chi connectivity index (χ0v) is 22.6. The van der Waals surface area contributed by atoms with Crippen LogP contribution in [0.5, 0.6) is 11.5 Å². The van der Waals surface area contributed by atoms with Gasteiger partial charge >= 0.3 is 0 Å². The maximum atomic E-state index is 14.9. The zero-order valence-electron chi connectivity index (χ0n) is 21.8. The third-order valence-electron chi connectivity index (χ3n) is 5.93. The minimum absolute atomic E-state index is 0.127. The molecule has 0 aliphatic carbocycles. The van der Waals surface area contributed by atoms with Gasteiger partial charge in [-0.15, -0.1) is 0 Å². The van der Waals surface area contributed by atoms with Gasteiger partial charge in [-0.2, -0.15) is 5.10 Å². The number of hydrogen-bond donors (Lipinski definition) is 1. The van der Waals surface area contributed by atoms with Crippen LogP contribution in [-0.2, 0) is 17.3 Å². The summed E-state index contributed by atoms with van der Waals surface area (Å²) in [4.78, 5) is 13.2. The van der Waals surface area contributed by atoms with E-state index in [0.29, 0.717) is 40.5 Å². The molecule has 0 aliphatic heterocycles. The molecule has 0 fully saturated rings. The van der Waals surface area contributed by atoms with Crippen LogP contribution in [0.3, 0.4) is 0 Å². The largest absolute Gasteiger partial charge is 0.494 e. The summed E-state index contributed by atoms with van der Waals surface area (Å²) in [6.07, 6.45) is 6.40. The molecule has 1 N–H and O–H groups in total. The molecule has 0 radical (unpaired) electrons. The highest BCUT2D eigenvalue weighted by atomic mass is 32.2. The molecule has 1 unspecified atom stereocenters. The molecule has 5 rings (SSSR count). The van der Waals surface area contributed by atoms with Gasteiger partial charge in [0.2, 0.25) is 0 Å². The Kier molecular flexibility index (Phi) is 8.25. The van der Waals surface area contributed by atoms with E-state index in [2.05, 4.69) is 25.4 Å². The number of nitrogens with one attached hydrogen (secondary N) is 1. The number of benzene rings is 2. The number of hydrogen-bond acceptors (Lipinski definition) is 8. The lowest BCUT2D eigenvalue weighted by Crippen LogP contribution is -2.10. The Balaban J connectivity index is 1.54. The average Bonchev–Trinajstić information content (AvgIpc) is 3.30. The Bertz CT molecular complexity index is 1640. The molecule has 0 spiro atoms. The van der Waals surface area contributed by atoms with Crippen LogP contribution in [0.4, 0.5) is 20.3 Å². The summed E-state index contributed by atoms with van der Waals surface area (Å²) >= 11 is 0. The standard InChI is InChI=1S/C28H26F2N6O3S/c1-3-38-19-14-22(29)21(23(30)15-19)17-36-24-7-5-4-6-20(24)26(35-36)28-32-16-25(39-12-13-40(2)37)27(34-28)33-18-8-10-31-11-9-18/h4-11,14-16H,3,12-13,17H2,1-2H3,(H,31,32,33,34). The van der Waals surface area contributed by atoms with Gasteiger partial charge in [0.15, 0.2) is 17.4 Å². The van der Waals surface area contributed by atoms with Crippen LogP contribution in [0.15, 0.2) is 67.1 Å². The summed E-state index contributed by atoms with van der Waals surface area (Å²) in [5.41, 5.74) is 1.67. The summed E-state index contributed by atoms with van der Waals surface area (Å²) in [6.45, 7) is 2.11. The van der Waals surface area contributed by atoms with Gasteiger partial charge in [-0.25, -0.2) is 18.7 Å². The molecule has 0 amide bonds. The van der Waals surface area contributed by atoms with Crippen LogP contribution in [0, 0.1) is 11.6 Å². The van der Waals surface area contributed by atoms with Crippen LogP contribution in [-0.4, -0.2) is 54.2 Å². The second-order valence-corrected chi connectivity index (χ2v) is 10.3. The van der Waals surface area contributed by atoms with Crippen LogP contribution in [0.25, 0.3) is 22.4 Å². The van der Waals surface area contributed by atoms with Gasteiger partial charge in [0.1, 0.15) is 23.1 Å². The van der Waals surface area contributed by atoms with E-state index < -0.39 is 22.4 Å². The number of pyridine rings is 1. The molecule has 3 aromatic heterocycles. The lowest BCUT2D eigenvalue weighted by atomic mass is 10.1. The van der Waals surface area contributed by atoms with Gasteiger partial charge in [-0.05, 0) is 25.1 Å². The van der Waals surface area contributed by atoms with Crippen molar-refractivity contribution in [3.05, 3.63) is 84.3 Å². The Morgan fingerprint density at radius 3 is 2.52 bits per heavy atom. The van der Waals surface area contributed by atoms with Gasteiger partial charge in [0.25, 0.3) is 0 Å². The number of aromatic nitrogens is 5. The van der Waals surface area contributed by atoms with Gasteiger partial charge in [0.05, 0.1) is 37.2 Å². The predicted molar refractivity (Wildman–Crippen MR) is 149 cm³/mol. The van der Waals surface area contributed by atoms with Crippen molar-refractivity contribution in [3.63, 3.8) is 0 Å². The number of para-hydroxylation sites is 1. The minimum atomic E-state index is -1.02. The van der Waals surface area contributed by atoms with Crippen molar-refractivity contribution in [2.24, 2.45) is 0 Å². The summed E-state index contributed by atoms with van der Waals surface area (Å²) in [5, 5.41) is 8.58. The SMILES string of the molecule is CCOc1cc(F)c(Cn2nc(-c3ncc(OCCS(C)=O)c(Nc4ccncc4)n3)c3ccccc32)c(F)c1. The lowest BCUT2D eigenvalue weighted by Gasteiger charge is -2.12. The molecule has 206 valence electrons. The van der Waals surface area contributed by atoms with Crippen molar-refractivity contribution >= 4 is 33.2 Å². The van der Waals surface area contributed by atoms with Gasteiger partial charge in [-0.1, -0.05) is 18.2 Å². The Morgan fingerprint density at radius 1 is 1.05 bits per heavy atom. The third-order valence-corrected chi connectivity index (χ3v) is 6.67. The predicted octanol–water partition coefficient (Wildman–Crippen LogP) is 5.11. The Labute approximate surface area is 231 Å². The molecule has 0 bridgehead atoms. The smallest absolute Gasteiger partial charge is 0.183 e. The van der Waals surface area contributed by atoms with Crippen molar-refractivity contribution in [1.82, 2.24) is 24.7 Å². The molecule has 0 saturated carbocycles. The van der Waals surface area contributed by atoms with Crippen molar-refractivity contribution in [2.75, 3.05) is 30.5 Å². The number of halogens is 2. The highest BCUT2D eigenvalue weighted by Crippen LogP contribution is 2.32. The maximum Gasteiger partial charge on any atom is 0.183 e. The van der Waals surface area contributed by atoms with Crippen LogP contribution < -0.4 is 14.8 Å². The second kappa shape index (κ2) is 12.2. The first-order valence-corrected chi connectivity index (χ1v) is 14.2. The highest BCUT2D eigenvalue weighted by molar-refractivity contribution is 7.84. The van der Waals surface area contributed by atoms with E-state index >= 15 is 0 Å². The lowest BCUT2D eigenvalue weighted by molar-refractivity contribution is 0.335. The summed E-state index contributed by atoms with van der Waals surface area (Å²) < 4.78 is 53.8. The monoisotopic (exact) mass is 564 g/mol. The minimum Gasteiger partial charge on any atom is -0.494 e. The van der Waals surface area contributed by atoms with Gasteiger partial charge in [-0.3, -0.25) is 13.9 Å². The first-order chi connectivity index (χ1) is 19.4. The van der Waals surface area contributed by atoms with E-state index in [1.807, 2.05) is 24.3 Å². The first-order valence-electron chi connectivity index (χ1n) is 12.5. The molecule has 12 heteroatoms. The first kappa shape index (κ1) is 27.1. The Morgan fingerprint density at radius 2 is 1.80 bits per heavy atom. The van der Waals surface area contributed by atoms with Crippen LogP contribution in [0.1, 0.15) is 12.5 Å². The van der Waals surface area contributed by atoms with E-state index in [1.54, 1.807) is 37.7 Å². The molecule has 3 heterocycles. The summed E-state index contributed by atoms with van der Waals surface area (Å²) in [7, 11) is -1.02. The number of ether oxygens (including phenoxy) is 2. The van der Waals surface area contributed by atoms with E-state index in [9.17, 15) is 13.0 Å². The molecule has 5 aromatic rings. The number of anilines is 2. The Hall–Kier alpha value is -4.45. The van der Waals surface area contributed by atoms with Crippen LogP contribution in [0.2, 0.25) is 0 Å². The zero-order chi connectivity index (χ0) is 28.1. The van der Waals surface area contributed by atoms with E-state index in [-0.39, 0.29) is 30.3 Å². The summed E-state index contributed by atoms with van der Waals surface area (Å²) in [5.74, 6) is 0.0596. The fourth-order valence-corrected chi connectivity index (χ4v) is 4.38. The van der Waals surface area contributed by atoms with Crippen molar-refractivity contribution in [3.8, 4) is 23.0 Å². The average molecular weight is 565 g/mol. The van der Waals surface area contributed by atoms with Crippen molar-refractivity contribution in [1.29, 1.82) is 0 Å². The second-order valence-electron chi connectivity index (χ2n) is 8.72. The number of nitrogens with zero attached hydrogens (tertiary/aromatic N) is 5. The highest BCUT2D eigenvalue weighted by Gasteiger charge is 2.20. The molecule has 1 atom stereocenters. The maximum absolute atomic E-state index is 14.9. The fourth-order valence-electron chi connectivity index (χ4n) is 4.06. The van der Waals surface area contributed by atoms with E-state index in [0.717, 1.165) is 5.69 Å². The van der Waals surface area contributed by atoms with Crippen molar-refractivity contribution in [2.45, 2.75) is 13.5 Å². The van der Waals surface area contributed by atoms with Gasteiger partial charge in [0, 0.05) is 58.2 Å². The molecular formula is C28H26F2N6O3S.